The van der Waals surface area contributed by atoms with E-state index in [1.807, 2.05) is 70.2 Å². The lowest BCUT2D eigenvalue weighted by atomic mass is 9.87. The molecule has 35 heteroatoms. The molecule has 0 unspecified atom stereocenters. The molecule has 0 spiro atoms. The van der Waals surface area contributed by atoms with Crippen molar-refractivity contribution in [2.75, 3.05) is 72.0 Å². The van der Waals surface area contributed by atoms with Gasteiger partial charge in [0.15, 0.2) is 22.6 Å². The summed E-state index contributed by atoms with van der Waals surface area (Å²) in [6.45, 7) is 41.7. The maximum Gasteiger partial charge on any atom is 0.275 e. The van der Waals surface area contributed by atoms with Gasteiger partial charge in [-0.05, 0) is 224 Å². The summed E-state index contributed by atoms with van der Waals surface area (Å²) in [5, 5.41) is 21.5. The molecule has 4 aromatic carbocycles. The van der Waals surface area contributed by atoms with E-state index in [0.717, 1.165) is 44.5 Å². The number of allylic oxidation sites excluding steroid dienone is 2. The van der Waals surface area contributed by atoms with Crippen LogP contribution in [0.4, 0.5) is 17.6 Å². The molecular weight excluding hydrogens is 1790 g/mol. The van der Waals surface area contributed by atoms with Crippen LogP contribution in [0.2, 0.25) is 0 Å². The van der Waals surface area contributed by atoms with E-state index >= 15 is 0 Å². The Bertz CT molecular complexity index is 6950. The molecule has 4 fully saturated rings. The van der Waals surface area contributed by atoms with Crippen LogP contribution in [0.15, 0.2) is 190 Å². The monoisotopic (exact) mass is 1900 g/mol. The van der Waals surface area contributed by atoms with Gasteiger partial charge in [0.1, 0.15) is 68.6 Å². The van der Waals surface area contributed by atoms with Crippen LogP contribution in [-0.4, -0.2) is 253 Å². The third-order valence-electron chi connectivity index (χ3n) is 26.2. The van der Waals surface area contributed by atoms with E-state index in [1.54, 1.807) is 179 Å². The van der Waals surface area contributed by atoms with Crippen LogP contribution in [-0.2, 0) is 30.0 Å². The number of aliphatic imine (C=N–C) groups is 3. The van der Waals surface area contributed by atoms with Gasteiger partial charge in [0.05, 0.1) is 70.8 Å². The standard InChI is InChI=1S/3C27H29FN6O2.C24H28FN5O2/c1-26(2,3)19-15-20(17-8-10-18(28)11-9-17)31-34-16-21(30-23(19)34)24(35)33-14-13-32(22-7-6-12-29-22)25(36)27(33,4)5;1-17(2)21-13-22(18-5-7-20(28)8-6-18)31-34-15-23(30-24(21)34)26(36)33-12-11-32(16-27(33,3)4)25(35)19-9-10-29-14-19;1-17(2)20-14-22(18-7-9-19(28)10-8-18)31-34-15-23(30-24(20)34)26(36)33-13-12-32(16-27(33,3)4)25(35)21-6-5-11-29-21;1-14-11-15(7-8-17(14)25)18-12-16(23(2,3)4)20-27-19(13-30(20)28-18)21(31)29-10-9-26-22(32)24(29,5)6/h7-12,15-16H,6,13-14H2,1-5H3;5-9,13-15,17H,10-12,16H2,1-4H3;6-11,14-15,17H,5,12-13,16H2,1-4H3;7-8,11-13H,9-10H2,1-6H3,(H,26,32). The van der Waals surface area contributed by atoms with Crippen molar-refractivity contribution in [3.05, 3.63) is 249 Å². The van der Waals surface area contributed by atoms with Gasteiger partial charge in [-0.25, -0.2) is 60.6 Å². The Hall–Kier alpha value is -14.9. The van der Waals surface area contributed by atoms with E-state index in [2.05, 4.69) is 130 Å². The Kier molecular flexibility index (Phi) is 26.7. The molecule has 7 aliphatic heterocycles. The second kappa shape index (κ2) is 38.1. The predicted octanol–water partition coefficient (Wildman–Crippen LogP) is 15.5. The van der Waals surface area contributed by atoms with Gasteiger partial charge >= 0.3 is 0 Å². The molecule has 31 nitrogen and oxygen atoms in total. The molecular formula is C105H115F4N23O8. The van der Waals surface area contributed by atoms with Crippen LogP contribution in [0.5, 0.6) is 0 Å². The largest absolute Gasteiger partial charge is 0.352 e. The minimum Gasteiger partial charge on any atom is -0.352 e. The zero-order valence-corrected chi connectivity index (χ0v) is 82.2. The number of benzene rings is 4. The Labute approximate surface area is 808 Å². The molecule has 140 heavy (non-hydrogen) atoms. The average Bonchev–Trinajstić information content (AvgIpc) is 1.59. The van der Waals surface area contributed by atoms with Crippen molar-refractivity contribution in [3.8, 4) is 45.0 Å². The third kappa shape index (κ3) is 19.8. The fourth-order valence-electron chi connectivity index (χ4n) is 18.3. The number of nitrogens with one attached hydrogen (secondary N) is 1. The van der Waals surface area contributed by atoms with Gasteiger partial charge in [0.2, 0.25) is 5.91 Å². The minimum absolute atomic E-state index is 0.0525. The van der Waals surface area contributed by atoms with Crippen LogP contribution in [0.3, 0.4) is 0 Å². The first kappa shape index (κ1) is 98.1. The van der Waals surface area contributed by atoms with Crippen molar-refractivity contribution in [2.24, 2.45) is 15.0 Å². The van der Waals surface area contributed by atoms with Crippen LogP contribution >= 0.6 is 0 Å². The van der Waals surface area contributed by atoms with E-state index in [0.29, 0.717) is 164 Å². The number of aryl methyl sites for hydroxylation is 1. The highest BCUT2D eigenvalue weighted by Crippen LogP contribution is 2.38. The number of piperazine rings is 4. The zero-order chi connectivity index (χ0) is 100. The Morgan fingerprint density at radius 3 is 1.21 bits per heavy atom. The van der Waals surface area contributed by atoms with Crippen molar-refractivity contribution >= 4 is 88.5 Å². The maximum atomic E-state index is 13.8. The predicted molar refractivity (Wildman–Crippen MR) is 526 cm³/mol. The van der Waals surface area contributed by atoms with Crippen molar-refractivity contribution in [3.63, 3.8) is 0 Å². The zero-order valence-electron chi connectivity index (χ0n) is 82.2. The number of hydrogen-bond acceptors (Lipinski definition) is 19. The lowest BCUT2D eigenvalue weighted by molar-refractivity contribution is -0.144. The Balaban J connectivity index is 0.000000135. The lowest BCUT2D eigenvalue weighted by Gasteiger charge is -2.46. The van der Waals surface area contributed by atoms with E-state index in [9.17, 15) is 55.9 Å². The summed E-state index contributed by atoms with van der Waals surface area (Å²) in [7, 11) is 0. The van der Waals surface area contributed by atoms with Gasteiger partial charge in [-0.3, -0.25) is 53.2 Å². The summed E-state index contributed by atoms with van der Waals surface area (Å²) in [4.78, 5) is 149. The Morgan fingerprint density at radius 1 is 0.421 bits per heavy atom. The second-order valence-corrected chi connectivity index (χ2v) is 40.9. The van der Waals surface area contributed by atoms with Crippen LogP contribution < -0.4 is 5.32 Å². The first-order valence-electron chi connectivity index (χ1n) is 46.9. The van der Waals surface area contributed by atoms with Gasteiger partial charge in [0.25, 0.3) is 41.4 Å². The normalized spacial score (nSPS) is 17.1. The quantitative estimate of drug-likeness (QED) is 0.105. The average molecular weight is 1900 g/mol. The van der Waals surface area contributed by atoms with Gasteiger partial charge in [-0.15, -0.1) is 0 Å². The first-order chi connectivity index (χ1) is 66.1. The molecule has 4 saturated heterocycles. The SMILES string of the molecule is CC(C)(C)c1cc(-c2ccc(F)cc2)nn2cc(C(=O)N3CCN(C4=CCC=N4)C(=O)C3(C)C)nc12.CC(C)c1cc(-c2ccc(F)cc2)nn2cc(C(=O)N3CCN(C(=O)C4=CCC=N4)CC3(C)C)nc12.CC(C)c1cc(-c2ccc(F)cc2)nn2cc(C(=O)N3CCN(C(=O)C4=CCN=C4)CC3(C)C)nc12.Cc1cc(-c2cc(C(C)(C)C)c3nc(C(=O)N4CCNC(=O)C4(C)C)cn3n2)ccc1F. The Morgan fingerprint density at radius 2 is 0.814 bits per heavy atom. The molecule has 15 heterocycles. The van der Waals surface area contributed by atoms with Crippen molar-refractivity contribution < 1.29 is 55.9 Å². The van der Waals surface area contributed by atoms with Gasteiger partial charge in [-0.1, -0.05) is 69.2 Å². The molecule has 0 aliphatic carbocycles. The number of carbonyl (C=O) groups is 8. The van der Waals surface area contributed by atoms with E-state index in [1.165, 1.54) is 42.5 Å². The first-order valence-corrected chi connectivity index (χ1v) is 46.9. The molecule has 19 rings (SSSR count). The summed E-state index contributed by atoms with van der Waals surface area (Å²) >= 11 is 0. The number of amides is 8. The number of rotatable bonds is 13. The van der Waals surface area contributed by atoms with E-state index < -0.39 is 22.2 Å². The molecule has 8 amide bonds. The fourth-order valence-corrected chi connectivity index (χ4v) is 18.3. The summed E-state index contributed by atoms with van der Waals surface area (Å²) in [6.07, 6.45) is 18.6. The molecule has 8 aromatic heterocycles. The highest BCUT2D eigenvalue weighted by Gasteiger charge is 2.48. The number of nitrogens with zero attached hydrogens (tertiary/aromatic N) is 22. The number of halogens is 4. The van der Waals surface area contributed by atoms with Crippen molar-refractivity contribution in [2.45, 2.75) is 189 Å². The molecule has 0 radical (unpaired) electrons. The lowest BCUT2D eigenvalue weighted by Crippen LogP contribution is -2.64. The van der Waals surface area contributed by atoms with Crippen molar-refractivity contribution in [1.82, 2.24) is 98.0 Å². The molecule has 726 valence electrons. The summed E-state index contributed by atoms with van der Waals surface area (Å²) in [5.41, 5.74) is 10.8. The number of carbonyl (C=O) groups excluding carboxylic acids is 8. The highest BCUT2D eigenvalue weighted by molar-refractivity contribution is 6.13. The molecule has 0 atom stereocenters. The van der Waals surface area contributed by atoms with Crippen molar-refractivity contribution in [1.29, 1.82) is 0 Å². The number of hydrogen-bond donors (Lipinski definition) is 1. The fraction of sp³-hybridized carbons (Fsp3) is 0.381. The smallest absolute Gasteiger partial charge is 0.275 e. The molecule has 12 aromatic rings. The number of imidazole rings is 4. The van der Waals surface area contributed by atoms with Gasteiger partial charge in [-0.2, -0.15) is 20.4 Å². The summed E-state index contributed by atoms with van der Waals surface area (Å²) in [6, 6.07) is 31.2. The minimum atomic E-state index is -1.07. The van der Waals surface area contributed by atoms with Crippen LogP contribution in [0.25, 0.3) is 67.6 Å². The second-order valence-electron chi connectivity index (χ2n) is 40.9. The molecule has 1 N–H and O–H groups in total. The topological polar surface area (TPSA) is 329 Å². The third-order valence-corrected chi connectivity index (χ3v) is 26.2. The maximum absolute atomic E-state index is 13.8. The highest BCUT2D eigenvalue weighted by atomic mass is 19.1. The summed E-state index contributed by atoms with van der Waals surface area (Å²) < 4.78 is 60.6. The van der Waals surface area contributed by atoms with Gasteiger partial charge < -0.3 is 34.7 Å². The van der Waals surface area contributed by atoms with E-state index in [4.69, 9.17) is 0 Å². The number of aromatic nitrogens is 12. The molecule has 0 saturated carbocycles. The molecule has 0 bridgehead atoms. The van der Waals surface area contributed by atoms with Crippen LogP contribution in [0, 0.1) is 30.2 Å². The van der Waals surface area contributed by atoms with E-state index in [-0.39, 0.29) is 105 Å². The molecule has 7 aliphatic rings. The summed E-state index contributed by atoms with van der Waals surface area (Å²) in [5.74, 6) is -1.85. The number of fused-ring (bicyclic) bond motifs is 4. The van der Waals surface area contributed by atoms with Gasteiger partial charge in [0, 0.05) is 141 Å². The van der Waals surface area contributed by atoms with Crippen LogP contribution in [0.1, 0.15) is 219 Å².